The van der Waals surface area contributed by atoms with Crippen molar-refractivity contribution in [3.63, 3.8) is 0 Å². The predicted molar refractivity (Wildman–Crippen MR) is 144 cm³/mol. The Morgan fingerprint density at radius 3 is 1.97 bits per heavy atom. The third-order valence-electron chi connectivity index (χ3n) is 5.39. The SMILES string of the molecule is NC(N)=NCCCC(NC(=O)C(CS)NC(=O)C(Cc1ccc(O)cc1)NC(=O)C(N)CCC(=O)O)C(=O)O. The van der Waals surface area contributed by atoms with Gasteiger partial charge in [-0.1, -0.05) is 12.1 Å². The molecular formula is C23H35N7O8S. The Morgan fingerprint density at radius 1 is 0.872 bits per heavy atom. The molecule has 0 radical (unpaired) electrons. The van der Waals surface area contributed by atoms with Gasteiger partial charge in [0.2, 0.25) is 17.7 Å². The lowest BCUT2D eigenvalue weighted by molar-refractivity contribution is -0.142. The molecule has 1 rings (SSSR count). The molecule has 0 aromatic heterocycles. The number of aromatic hydroxyl groups is 1. The van der Waals surface area contributed by atoms with Crippen LogP contribution in [-0.2, 0) is 30.4 Å². The highest BCUT2D eigenvalue weighted by Crippen LogP contribution is 2.12. The van der Waals surface area contributed by atoms with E-state index in [-0.39, 0.29) is 56.1 Å². The highest BCUT2D eigenvalue weighted by atomic mass is 32.1. The number of carboxylic acid groups (broad SMARTS) is 2. The molecule has 16 heteroatoms. The van der Waals surface area contributed by atoms with E-state index in [1.807, 2.05) is 0 Å². The number of nitrogens with zero attached hydrogens (tertiary/aromatic N) is 1. The van der Waals surface area contributed by atoms with Crippen LogP contribution in [-0.4, -0.2) is 87.4 Å². The maximum Gasteiger partial charge on any atom is 0.326 e. The first kappa shape index (κ1) is 33.0. The fourth-order valence-corrected chi connectivity index (χ4v) is 3.52. The molecule has 0 saturated heterocycles. The second kappa shape index (κ2) is 16.7. The van der Waals surface area contributed by atoms with E-state index in [1.165, 1.54) is 24.3 Å². The minimum atomic E-state index is -1.30. The van der Waals surface area contributed by atoms with Gasteiger partial charge in [-0.3, -0.25) is 24.2 Å². The van der Waals surface area contributed by atoms with E-state index >= 15 is 0 Å². The van der Waals surface area contributed by atoms with Crippen molar-refractivity contribution in [1.82, 2.24) is 16.0 Å². The van der Waals surface area contributed by atoms with Gasteiger partial charge in [-0.25, -0.2) is 4.79 Å². The minimum Gasteiger partial charge on any atom is -0.508 e. The average molecular weight is 570 g/mol. The Balaban J connectivity index is 2.97. The van der Waals surface area contributed by atoms with Gasteiger partial charge >= 0.3 is 11.9 Å². The maximum atomic E-state index is 13.1. The molecule has 39 heavy (non-hydrogen) atoms. The largest absolute Gasteiger partial charge is 0.508 e. The van der Waals surface area contributed by atoms with Crippen molar-refractivity contribution < 1.29 is 39.3 Å². The van der Waals surface area contributed by atoms with E-state index in [0.717, 1.165) is 0 Å². The predicted octanol–water partition coefficient (Wildman–Crippen LogP) is -2.35. The van der Waals surface area contributed by atoms with Crippen molar-refractivity contribution in [3.05, 3.63) is 29.8 Å². The van der Waals surface area contributed by atoms with Crippen LogP contribution in [0.2, 0.25) is 0 Å². The summed E-state index contributed by atoms with van der Waals surface area (Å²) in [6, 6.07) is 0.801. The smallest absolute Gasteiger partial charge is 0.326 e. The number of aliphatic imine (C=N–C) groups is 1. The van der Waals surface area contributed by atoms with Gasteiger partial charge < -0.3 is 48.5 Å². The summed E-state index contributed by atoms with van der Waals surface area (Å²) in [7, 11) is 0. The normalized spacial score (nSPS) is 13.7. The number of amides is 3. The first-order valence-corrected chi connectivity index (χ1v) is 12.5. The molecule has 12 N–H and O–H groups in total. The first-order chi connectivity index (χ1) is 18.3. The minimum absolute atomic E-state index is 0.0128. The summed E-state index contributed by atoms with van der Waals surface area (Å²) in [6.45, 7) is 0.155. The molecular weight excluding hydrogens is 534 g/mol. The summed E-state index contributed by atoms with van der Waals surface area (Å²) in [6.07, 6.45) is -0.320. The van der Waals surface area contributed by atoms with Crippen molar-refractivity contribution in [2.45, 2.75) is 56.3 Å². The standard InChI is InChI=1S/C23H35N7O8S/c24-14(7-8-18(32)33)19(34)29-16(10-12-3-5-13(31)6-4-12)20(35)30-17(11-39)21(36)28-15(22(37)38)2-1-9-27-23(25)26/h3-6,14-17,31,39H,1-2,7-11,24H2,(H,28,36)(H,29,34)(H,30,35)(H,32,33)(H,37,38)(H4,25,26,27). The number of carboxylic acids is 2. The van der Waals surface area contributed by atoms with Crippen LogP contribution in [0.25, 0.3) is 0 Å². The second-order valence-electron chi connectivity index (χ2n) is 8.56. The number of rotatable bonds is 17. The van der Waals surface area contributed by atoms with Crippen molar-refractivity contribution >= 4 is 48.2 Å². The molecule has 0 fully saturated rings. The molecule has 0 aliphatic heterocycles. The number of phenols is 1. The molecule has 0 aliphatic carbocycles. The molecule has 0 spiro atoms. The van der Waals surface area contributed by atoms with E-state index in [1.54, 1.807) is 0 Å². The quantitative estimate of drug-likeness (QED) is 0.0410. The summed E-state index contributed by atoms with van der Waals surface area (Å²) in [5, 5.41) is 35.0. The Labute approximate surface area is 230 Å². The van der Waals surface area contributed by atoms with Crippen LogP contribution in [0.5, 0.6) is 5.75 Å². The van der Waals surface area contributed by atoms with Gasteiger partial charge in [0.15, 0.2) is 5.96 Å². The number of benzene rings is 1. The Morgan fingerprint density at radius 2 is 1.44 bits per heavy atom. The third-order valence-corrected chi connectivity index (χ3v) is 5.76. The zero-order valence-electron chi connectivity index (χ0n) is 21.1. The molecule has 0 saturated carbocycles. The van der Waals surface area contributed by atoms with Crippen molar-refractivity contribution in [3.8, 4) is 5.75 Å². The van der Waals surface area contributed by atoms with Crippen LogP contribution in [0.4, 0.5) is 0 Å². The van der Waals surface area contributed by atoms with Crippen LogP contribution in [0.15, 0.2) is 29.3 Å². The van der Waals surface area contributed by atoms with Crippen LogP contribution < -0.4 is 33.2 Å². The molecule has 0 heterocycles. The lowest BCUT2D eigenvalue weighted by Gasteiger charge is -2.24. The molecule has 216 valence electrons. The van der Waals surface area contributed by atoms with E-state index in [0.29, 0.717) is 5.56 Å². The zero-order chi connectivity index (χ0) is 29.5. The molecule has 0 bridgehead atoms. The fraction of sp³-hybridized carbons (Fsp3) is 0.478. The highest BCUT2D eigenvalue weighted by Gasteiger charge is 2.30. The number of carbonyl (C=O) groups is 5. The summed E-state index contributed by atoms with van der Waals surface area (Å²) < 4.78 is 0. The average Bonchev–Trinajstić information content (AvgIpc) is 2.87. The third kappa shape index (κ3) is 12.8. The van der Waals surface area contributed by atoms with Gasteiger partial charge in [0.05, 0.1) is 6.04 Å². The molecule has 1 aromatic rings. The highest BCUT2D eigenvalue weighted by molar-refractivity contribution is 7.80. The van der Waals surface area contributed by atoms with Crippen molar-refractivity contribution in [2.75, 3.05) is 12.3 Å². The molecule has 4 atom stereocenters. The first-order valence-electron chi connectivity index (χ1n) is 11.9. The summed E-state index contributed by atoms with van der Waals surface area (Å²) in [5.41, 5.74) is 16.8. The molecule has 15 nitrogen and oxygen atoms in total. The topological polar surface area (TPSA) is 273 Å². The number of hydrogen-bond donors (Lipinski definition) is 10. The molecule has 3 amide bonds. The van der Waals surface area contributed by atoms with Crippen molar-refractivity contribution in [1.29, 1.82) is 0 Å². The molecule has 0 aliphatic rings. The van der Waals surface area contributed by atoms with Gasteiger partial charge in [-0.05, 0) is 37.0 Å². The van der Waals surface area contributed by atoms with Crippen LogP contribution in [0.3, 0.4) is 0 Å². The lowest BCUT2D eigenvalue weighted by Crippen LogP contribution is -2.58. The van der Waals surface area contributed by atoms with Gasteiger partial charge in [0, 0.05) is 25.1 Å². The number of thiol groups is 1. The summed E-state index contributed by atoms with van der Waals surface area (Å²) >= 11 is 4.08. The summed E-state index contributed by atoms with van der Waals surface area (Å²) in [4.78, 5) is 64.6. The van der Waals surface area contributed by atoms with Crippen LogP contribution in [0, 0.1) is 0 Å². The number of phenolic OH excluding ortho intramolecular Hbond substituents is 1. The zero-order valence-corrected chi connectivity index (χ0v) is 22.0. The van der Waals surface area contributed by atoms with Crippen LogP contribution in [0.1, 0.15) is 31.2 Å². The number of nitrogens with one attached hydrogen (secondary N) is 3. The van der Waals surface area contributed by atoms with E-state index in [4.69, 9.17) is 22.3 Å². The van der Waals surface area contributed by atoms with Crippen molar-refractivity contribution in [2.24, 2.45) is 22.2 Å². The van der Waals surface area contributed by atoms with Crippen LogP contribution >= 0.6 is 12.6 Å². The Bertz CT molecular complexity index is 1030. The fourth-order valence-electron chi connectivity index (χ4n) is 3.27. The van der Waals surface area contributed by atoms with E-state index < -0.39 is 53.8 Å². The molecule has 4 unspecified atom stereocenters. The monoisotopic (exact) mass is 569 g/mol. The second-order valence-corrected chi connectivity index (χ2v) is 8.93. The number of aliphatic carboxylic acids is 2. The Hall–Kier alpha value is -4.05. The molecule has 1 aromatic carbocycles. The van der Waals surface area contributed by atoms with E-state index in [2.05, 4.69) is 33.6 Å². The number of nitrogens with two attached hydrogens (primary N) is 3. The van der Waals surface area contributed by atoms with Gasteiger partial charge in [-0.15, -0.1) is 0 Å². The maximum absolute atomic E-state index is 13.1. The number of hydrogen-bond acceptors (Lipinski definition) is 9. The Kier molecular flexibility index (Phi) is 14.1. The van der Waals surface area contributed by atoms with E-state index in [9.17, 15) is 34.2 Å². The van der Waals surface area contributed by atoms with Gasteiger partial charge in [-0.2, -0.15) is 12.6 Å². The lowest BCUT2D eigenvalue weighted by atomic mass is 10.0. The van der Waals surface area contributed by atoms with Gasteiger partial charge in [0.25, 0.3) is 0 Å². The number of carbonyl (C=O) groups excluding carboxylic acids is 3. The number of guanidine groups is 1. The summed E-state index contributed by atoms with van der Waals surface area (Å²) in [5.74, 6) is -5.21. The van der Waals surface area contributed by atoms with Gasteiger partial charge in [0.1, 0.15) is 23.9 Å².